The molecule has 1 aliphatic carbocycles. The number of amides is 1. The Kier molecular flexibility index (Phi) is 4.24. The Morgan fingerprint density at radius 2 is 2.00 bits per heavy atom. The van der Waals surface area contributed by atoms with Gasteiger partial charge in [0, 0.05) is 25.2 Å². The van der Waals surface area contributed by atoms with Gasteiger partial charge in [-0.25, -0.2) is 13.1 Å². The Balaban J connectivity index is 1.79. The average Bonchev–Trinajstić information content (AvgIpc) is 3.07. The van der Waals surface area contributed by atoms with Crippen LogP contribution in [0.3, 0.4) is 0 Å². The van der Waals surface area contributed by atoms with Gasteiger partial charge in [0.1, 0.15) is 0 Å². The fourth-order valence-electron chi connectivity index (χ4n) is 2.23. The molecule has 0 radical (unpaired) electrons. The number of nitrogens with one attached hydrogen (secondary N) is 2. The van der Waals surface area contributed by atoms with Crippen molar-refractivity contribution in [1.82, 2.24) is 14.9 Å². The van der Waals surface area contributed by atoms with Crippen LogP contribution in [-0.4, -0.2) is 57.2 Å². The van der Waals surface area contributed by atoms with Crippen LogP contribution in [0.25, 0.3) is 0 Å². The first-order valence-electron chi connectivity index (χ1n) is 6.42. The summed E-state index contributed by atoms with van der Waals surface area (Å²) in [6.45, 7) is 1.58. The molecule has 0 bridgehead atoms. The van der Waals surface area contributed by atoms with Crippen LogP contribution in [-0.2, 0) is 14.8 Å². The number of nitrogens with zero attached hydrogens (tertiary/aromatic N) is 1. The van der Waals surface area contributed by atoms with Crippen LogP contribution in [0.5, 0.6) is 0 Å². The summed E-state index contributed by atoms with van der Waals surface area (Å²) in [5.74, 6) is 0.0712. The van der Waals surface area contributed by atoms with Gasteiger partial charge in [-0.2, -0.15) is 0 Å². The topological polar surface area (TPSA) is 78.5 Å². The number of hydrogen-bond acceptors (Lipinski definition) is 4. The number of carbonyl (C=O) groups excluding carboxylic acids is 1. The number of hydrogen-bond donors (Lipinski definition) is 2. The van der Waals surface area contributed by atoms with Crippen molar-refractivity contribution in [3.8, 4) is 0 Å². The Bertz CT molecular complexity index is 406. The summed E-state index contributed by atoms with van der Waals surface area (Å²) in [6, 6.07) is 0.377. The minimum atomic E-state index is -3.19. The summed E-state index contributed by atoms with van der Waals surface area (Å²) in [6.07, 6.45) is 5.12. The van der Waals surface area contributed by atoms with Crippen molar-refractivity contribution in [2.45, 2.75) is 37.8 Å². The lowest BCUT2D eigenvalue weighted by Gasteiger charge is -2.32. The van der Waals surface area contributed by atoms with Gasteiger partial charge in [-0.3, -0.25) is 4.79 Å². The summed E-state index contributed by atoms with van der Waals surface area (Å²) in [5, 5.41) is 3.19. The van der Waals surface area contributed by atoms with E-state index in [1.165, 1.54) is 0 Å². The molecule has 1 unspecified atom stereocenters. The molecule has 2 aliphatic rings. The van der Waals surface area contributed by atoms with E-state index in [1.54, 1.807) is 4.90 Å². The van der Waals surface area contributed by atoms with Crippen molar-refractivity contribution < 1.29 is 13.2 Å². The van der Waals surface area contributed by atoms with Crippen molar-refractivity contribution in [1.29, 1.82) is 0 Å². The molecular weight excluding hydrogens is 254 g/mol. The lowest BCUT2D eigenvalue weighted by molar-refractivity contribution is -0.131. The third kappa shape index (κ3) is 4.55. The molecule has 1 aliphatic heterocycles. The third-order valence-corrected chi connectivity index (χ3v) is 4.04. The van der Waals surface area contributed by atoms with Gasteiger partial charge in [0.05, 0.1) is 12.8 Å². The van der Waals surface area contributed by atoms with Gasteiger partial charge < -0.3 is 10.2 Å². The van der Waals surface area contributed by atoms with Crippen molar-refractivity contribution >= 4 is 15.9 Å². The molecule has 1 saturated carbocycles. The standard InChI is InChI=1S/C11H21N3O3S/c1-18(16,17)13-10-3-2-6-14(8-10)11(15)7-12-9-4-5-9/h9-10,12-13H,2-8H2,1H3. The molecule has 1 atom stereocenters. The number of carbonyl (C=O) groups is 1. The number of piperidine rings is 1. The van der Waals surface area contributed by atoms with Crippen LogP contribution in [0.1, 0.15) is 25.7 Å². The Hall–Kier alpha value is -0.660. The van der Waals surface area contributed by atoms with Crippen molar-refractivity contribution in [3.05, 3.63) is 0 Å². The minimum Gasteiger partial charge on any atom is -0.340 e. The molecule has 104 valence electrons. The Morgan fingerprint density at radius 1 is 1.28 bits per heavy atom. The van der Waals surface area contributed by atoms with Crippen LogP contribution in [0.15, 0.2) is 0 Å². The van der Waals surface area contributed by atoms with Crippen LogP contribution in [0.4, 0.5) is 0 Å². The van der Waals surface area contributed by atoms with E-state index in [4.69, 9.17) is 0 Å². The first-order chi connectivity index (χ1) is 8.44. The highest BCUT2D eigenvalue weighted by molar-refractivity contribution is 7.88. The molecule has 1 amide bonds. The molecule has 0 aromatic heterocycles. The normalized spacial score (nSPS) is 25.2. The van der Waals surface area contributed by atoms with E-state index < -0.39 is 10.0 Å². The van der Waals surface area contributed by atoms with E-state index in [1.807, 2.05) is 0 Å². The van der Waals surface area contributed by atoms with Crippen LogP contribution < -0.4 is 10.0 Å². The molecule has 2 N–H and O–H groups in total. The van der Waals surface area contributed by atoms with E-state index >= 15 is 0 Å². The second kappa shape index (κ2) is 5.54. The predicted octanol–water partition coefficient (Wildman–Crippen LogP) is -0.721. The lowest BCUT2D eigenvalue weighted by atomic mass is 10.1. The monoisotopic (exact) mass is 275 g/mol. The largest absolute Gasteiger partial charge is 0.340 e. The van der Waals surface area contributed by atoms with Crippen LogP contribution >= 0.6 is 0 Å². The van der Waals surface area contributed by atoms with Gasteiger partial charge in [-0.1, -0.05) is 0 Å². The molecule has 18 heavy (non-hydrogen) atoms. The summed E-state index contributed by atoms with van der Waals surface area (Å²) < 4.78 is 24.9. The number of sulfonamides is 1. The zero-order chi connectivity index (χ0) is 13.2. The summed E-state index contributed by atoms with van der Waals surface area (Å²) in [5.41, 5.74) is 0. The Labute approximate surface area is 108 Å². The van der Waals surface area contributed by atoms with Gasteiger partial charge in [-0.15, -0.1) is 0 Å². The molecule has 0 spiro atoms. The summed E-state index contributed by atoms with van der Waals surface area (Å²) >= 11 is 0. The molecule has 0 aromatic carbocycles. The van der Waals surface area contributed by atoms with Crippen molar-refractivity contribution in [2.24, 2.45) is 0 Å². The molecule has 6 nitrogen and oxygen atoms in total. The van der Waals surface area contributed by atoms with E-state index in [-0.39, 0.29) is 11.9 Å². The molecule has 1 heterocycles. The van der Waals surface area contributed by atoms with Crippen LogP contribution in [0.2, 0.25) is 0 Å². The van der Waals surface area contributed by atoms with Crippen molar-refractivity contribution in [2.75, 3.05) is 25.9 Å². The average molecular weight is 275 g/mol. The SMILES string of the molecule is CS(=O)(=O)NC1CCCN(C(=O)CNC2CC2)C1. The highest BCUT2D eigenvalue weighted by Crippen LogP contribution is 2.18. The lowest BCUT2D eigenvalue weighted by Crippen LogP contribution is -2.51. The van der Waals surface area contributed by atoms with Gasteiger partial charge >= 0.3 is 0 Å². The number of rotatable bonds is 5. The predicted molar refractivity (Wildman–Crippen MR) is 68.6 cm³/mol. The highest BCUT2D eigenvalue weighted by Gasteiger charge is 2.27. The molecule has 0 aromatic rings. The quantitative estimate of drug-likeness (QED) is 0.694. The van der Waals surface area contributed by atoms with Crippen molar-refractivity contribution in [3.63, 3.8) is 0 Å². The zero-order valence-corrected chi connectivity index (χ0v) is 11.5. The smallest absolute Gasteiger partial charge is 0.236 e. The maximum absolute atomic E-state index is 11.9. The molecule has 1 saturated heterocycles. The van der Waals surface area contributed by atoms with Crippen LogP contribution in [0, 0.1) is 0 Å². The molecular formula is C11H21N3O3S. The van der Waals surface area contributed by atoms with E-state index in [0.717, 1.165) is 38.5 Å². The first-order valence-corrected chi connectivity index (χ1v) is 8.31. The van der Waals surface area contributed by atoms with Gasteiger partial charge in [0.25, 0.3) is 0 Å². The van der Waals surface area contributed by atoms with E-state index in [9.17, 15) is 13.2 Å². The minimum absolute atomic E-state index is 0.0712. The fourth-order valence-corrected chi connectivity index (χ4v) is 3.03. The molecule has 2 rings (SSSR count). The fraction of sp³-hybridized carbons (Fsp3) is 0.909. The summed E-state index contributed by atoms with van der Waals surface area (Å²) in [4.78, 5) is 13.7. The first kappa shape index (κ1) is 13.8. The van der Waals surface area contributed by atoms with E-state index in [2.05, 4.69) is 10.0 Å². The Morgan fingerprint density at radius 3 is 2.61 bits per heavy atom. The van der Waals surface area contributed by atoms with Gasteiger partial charge in [0.2, 0.25) is 15.9 Å². The van der Waals surface area contributed by atoms with Gasteiger partial charge in [0.15, 0.2) is 0 Å². The third-order valence-electron chi connectivity index (χ3n) is 3.27. The molecule has 7 heteroatoms. The zero-order valence-electron chi connectivity index (χ0n) is 10.7. The van der Waals surface area contributed by atoms with Gasteiger partial charge in [-0.05, 0) is 25.7 Å². The number of likely N-dealkylation sites (tertiary alicyclic amines) is 1. The maximum Gasteiger partial charge on any atom is 0.236 e. The maximum atomic E-state index is 11.9. The molecule has 2 fully saturated rings. The second-order valence-corrected chi connectivity index (χ2v) is 7.00. The summed E-state index contributed by atoms with van der Waals surface area (Å²) in [7, 11) is -3.19. The van der Waals surface area contributed by atoms with E-state index in [0.29, 0.717) is 19.1 Å². The highest BCUT2D eigenvalue weighted by atomic mass is 32.2. The second-order valence-electron chi connectivity index (χ2n) is 5.22.